The van der Waals surface area contributed by atoms with Gasteiger partial charge in [-0.1, -0.05) is 0 Å². The van der Waals surface area contributed by atoms with Gasteiger partial charge in [-0.05, 0) is 39.3 Å². The summed E-state index contributed by atoms with van der Waals surface area (Å²) < 4.78 is 5.41. The van der Waals surface area contributed by atoms with Crippen molar-refractivity contribution in [3.8, 4) is 0 Å². The van der Waals surface area contributed by atoms with Crippen LogP contribution in [0.15, 0.2) is 0 Å². The average Bonchev–Trinajstić information content (AvgIpc) is 2.77. The Hall–Kier alpha value is -0.160. The molecule has 2 aliphatic rings. The number of fused-ring (bicyclic) bond motifs is 1. The van der Waals surface area contributed by atoms with Crippen LogP contribution in [0.25, 0.3) is 0 Å². The van der Waals surface area contributed by atoms with E-state index < -0.39 is 0 Å². The molecule has 1 aliphatic heterocycles. The lowest BCUT2D eigenvalue weighted by Gasteiger charge is -2.25. The van der Waals surface area contributed by atoms with E-state index in [9.17, 15) is 0 Å². The SMILES string of the molecule is CO[C@H](CCN(C)C1[C@H]2CN(C)C[C@@H]12)C(C)N. The second kappa shape index (κ2) is 5.22. The van der Waals surface area contributed by atoms with Crippen molar-refractivity contribution >= 4 is 0 Å². The first-order valence-electron chi connectivity index (χ1n) is 6.71. The minimum absolute atomic E-state index is 0.123. The molecule has 0 aromatic heterocycles. The molecule has 2 fully saturated rings. The zero-order chi connectivity index (χ0) is 12.6. The fourth-order valence-corrected chi connectivity index (χ4v) is 3.43. The number of methoxy groups -OCH3 is 1. The Labute approximate surface area is 105 Å². The largest absolute Gasteiger partial charge is 0.380 e. The van der Waals surface area contributed by atoms with Crippen LogP contribution in [-0.4, -0.2) is 68.8 Å². The normalized spacial score (nSPS) is 36.0. The van der Waals surface area contributed by atoms with Crippen molar-refractivity contribution in [1.29, 1.82) is 0 Å². The minimum atomic E-state index is 0.123. The van der Waals surface area contributed by atoms with Crippen LogP contribution in [0.1, 0.15) is 13.3 Å². The van der Waals surface area contributed by atoms with Gasteiger partial charge in [0.2, 0.25) is 0 Å². The molecule has 4 heteroatoms. The molecule has 0 aromatic carbocycles. The van der Waals surface area contributed by atoms with Crippen molar-refractivity contribution in [2.45, 2.75) is 31.5 Å². The number of rotatable bonds is 6. The van der Waals surface area contributed by atoms with Gasteiger partial charge in [-0.2, -0.15) is 0 Å². The predicted molar refractivity (Wildman–Crippen MR) is 70.0 cm³/mol. The molecular formula is C13H27N3O. The maximum Gasteiger partial charge on any atom is 0.0731 e. The monoisotopic (exact) mass is 241 g/mol. The summed E-state index contributed by atoms with van der Waals surface area (Å²) in [7, 11) is 6.23. The Morgan fingerprint density at radius 3 is 2.47 bits per heavy atom. The van der Waals surface area contributed by atoms with Gasteiger partial charge in [0.05, 0.1) is 6.10 Å². The minimum Gasteiger partial charge on any atom is -0.380 e. The topological polar surface area (TPSA) is 41.7 Å². The van der Waals surface area contributed by atoms with E-state index in [0.717, 1.165) is 30.8 Å². The molecular weight excluding hydrogens is 214 g/mol. The maximum atomic E-state index is 5.89. The fraction of sp³-hybridized carbons (Fsp3) is 1.00. The molecule has 0 radical (unpaired) electrons. The molecule has 0 amide bonds. The molecule has 2 rings (SSSR count). The van der Waals surface area contributed by atoms with E-state index in [-0.39, 0.29) is 12.1 Å². The summed E-state index contributed by atoms with van der Waals surface area (Å²) in [5, 5.41) is 0. The van der Waals surface area contributed by atoms with E-state index in [2.05, 4.69) is 23.9 Å². The van der Waals surface area contributed by atoms with Crippen LogP contribution in [0, 0.1) is 11.8 Å². The Morgan fingerprint density at radius 2 is 2.00 bits per heavy atom. The van der Waals surface area contributed by atoms with E-state index in [4.69, 9.17) is 10.5 Å². The molecule has 2 unspecified atom stereocenters. The van der Waals surface area contributed by atoms with Gasteiger partial charge in [0.1, 0.15) is 0 Å². The van der Waals surface area contributed by atoms with Crippen LogP contribution in [-0.2, 0) is 4.74 Å². The number of hydrogen-bond donors (Lipinski definition) is 1. The summed E-state index contributed by atoms with van der Waals surface area (Å²) >= 11 is 0. The highest BCUT2D eigenvalue weighted by Gasteiger charge is 2.56. The zero-order valence-electron chi connectivity index (χ0n) is 11.6. The quantitative estimate of drug-likeness (QED) is 0.723. The molecule has 1 aliphatic carbocycles. The number of ether oxygens (including phenoxy) is 1. The molecule has 100 valence electrons. The number of nitrogens with two attached hydrogens (primary N) is 1. The first-order chi connectivity index (χ1) is 8.04. The third-order valence-corrected chi connectivity index (χ3v) is 4.50. The third-order valence-electron chi connectivity index (χ3n) is 4.50. The first-order valence-corrected chi connectivity index (χ1v) is 6.71. The van der Waals surface area contributed by atoms with Gasteiger partial charge in [-0.15, -0.1) is 0 Å². The summed E-state index contributed by atoms with van der Waals surface area (Å²) in [5.74, 6) is 1.84. The lowest BCUT2D eigenvalue weighted by Crippen LogP contribution is -2.38. The van der Waals surface area contributed by atoms with E-state index in [1.165, 1.54) is 13.1 Å². The maximum absolute atomic E-state index is 5.89. The molecule has 17 heavy (non-hydrogen) atoms. The summed E-state index contributed by atoms with van der Waals surface area (Å²) in [6.45, 7) is 5.68. The van der Waals surface area contributed by atoms with E-state index in [1.54, 1.807) is 7.11 Å². The van der Waals surface area contributed by atoms with Crippen LogP contribution in [0.2, 0.25) is 0 Å². The van der Waals surface area contributed by atoms with Crippen LogP contribution in [0.4, 0.5) is 0 Å². The summed E-state index contributed by atoms with van der Waals surface area (Å²) in [6.07, 6.45) is 1.23. The van der Waals surface area contributed by atoms with Crippen molar-refractivity contribution < 1.29 is 4.74 Å². The van der Waals surface area contributed by atoms with Crippen molar-refractivity contribution in [3.05, 3.63) is 0 Å². The van der Waals surface area contributed by atoms with E-state index in [1.807, 2.05) is 6.92 Å². The molecule has 4 nitrogen and oxygen atoms in total. The summed E-state index contributed by atoms with van der Waals surface area (Å²) in [5.41, 5.74) is 5.89. The van der Waals surface area contributed by atoms with Gasteiger partial charge in [-0.3, -0.25) is 0 Å². The highest BCUT2D eigenvalue weighted by atomic mass is 16.5. The molecule has 0 spiro atoms. The van der Waals surface area contributed by atoms with Crippen molar-refractivity contribution in [1.82, 2.24) is 9.80 Å². The van der Waals surface area contributed by atoms with Gasteiger partial charge in [0.15, 0.2) is 0 Å². The van der Waals surface area contributed by atoms with Crippen LogP contribution < -0.4 is 5.73 Å². The lowest BCUT2D eigenvalue weighted by atomic mass is 10.1. The van der Waals surface area contributed by atoms with Crippen molar-refractivity contribution in [2.75, 3.05) is 40.8 Å². The number of nitrogens with zero attached hydrogens (tertiary/aromatic N) is 2. The Morgan fingerprint density at radius 1 is 1.41 bits per heavy atom. The van der Waals surface area contributed by atoms with E-state index in [0.29, 0.717) is 0 Å². The second-order valence-electron chi connectivity index (χ2n) is 5.94. The molecule has 2 N–H and O–H groups in total. The van der Waals surface area contributed by atoms with Gasteiger partial charge in [0.25, 0.3) is 0 Å². The smallest absolute Gasteiger partial charge is 0.0731 e. The highest BCUT2D eigenvalue weighted by molar-refractivity contribution is 5.09. The van der Waals surface area contributed by atoms with Gasteiger partial charge < -0.3 is 20.3 Å². The van der Waals surface area contributed by atoms with Crippen LogP contribution in [0.5, 0.6) is 0 Å². The Bertz CT molecular complexity index is 247. The molecule has 1 saturated carbocycles. The molecule has 0 aromatic rings. The molecule has 1 saturated heterocycles. The van der Waals surface area contributed by atoms with Crippen LogP contribution >= 0.6 is 0 Å². The molecule has 0 bridgehead atoms. The fourth-order valence-electron chi connectivity index (χ4n) is 3.43. The van der Waals surface area contributed by atoms with Gasteiger partial charge >= 0.3 is 0 Å². The van der Waals surface area contributed by atoms with Gasteiger partial charge in [0, 0.05) is 38.8 Å². The Balaban J connectivity index is 1.71. The van der Waals surface area contributed by atoms with E-state index >= 15 is 0 Å². The molecule has 5 atom stereocenters. The summed E-state index contributed by atoms with van der Waals surface area (Å²) in [4.78, 5) is 4.95. The first kappa shape index (κ1) is 13.3. The molecule has 1 heterocycles. The predicted octanol–water partition coefficient (Wildman–Crippen LogP) is 0.231. The summed E-state index contributed by atoms with van der Waals surface area (Å²) in [6, 6.07) is 0.940. The standard InChI is InChI=1S/C13H27N3O/c1-9(14)12(17-4)5-6-16(3)13-10-7-15(2)8-11(10)13/h9-13H,5-8,14H2,1-4H3/t9?,10-,11+,12-,13?/m1/s1. The zero-order valence-corrected chi connectivity index (χ0v) is 11.6. The number of likely N-dealkylation sites (tertiary alicyclic amines) is 1. The average molecular weight is 241 g/mol. The van der Waals surface area contributed by atoms with Gasteiger partial charge in [-0.25, -0.2) is 0 Å². The second-order valence-corrected chi connectivity index (χ2v) is 5.94. The number of piperidine rings is 1. The van der Waals surface area contributed by atoms with Crippen molar-refractivity contribution in [3.63, 3.8) is 0 Å². The number of hydrogen-bond acceptors (Lipinski definition) is 4. The highest BCUT2D eigenvalue weighted by Crippen LogP contribution is 2.47. The third kappa shape index (κ3) is 2.81. The Kier molecular flexibility index (Phi) is 4.08. The lowest BCUT2D eigenvalue weighted by molar-refractivity contribution is 0.0676. The van der Waals surface area contributed by atoms with Crippen LogP contribution in [0.3, 0.4) is 0 Å². The van der Waals surface area contributed by atoms with Crippen molar-refractivity contribution in [2.24, 2.45) is 17.6 Å².